The number of halogens is 1. The highest BCUT2D eigenvalue weighted by Gasteiger charge is 2.13. The lowest BCUT2D eigenvalue weighted by Crippen LogP contribution is -1.92. The Morgan fingerprint density at radius 2 is 2.05 bits per heavy atom. The fraction of sp³-hybridized carbons (Fsp3) is 0.250. The summed E-state index contributed by atoms with van der Waals surface area (Å²) in [5.41, 5.74) is 2.08. The summed E-state index contributed by atoms with van der Waals surface area (Å²) in [5, 5.41) is 0.572. The fourth-order valence-electron chi connectivity index (χ4n) is 2.25. The first-order valence-corrected chi connectivity index (χ1v) is 6.95. The van der Waals surface area contributed by atoms with Crippen molar-refractivity contribution in [2.45, 2.75) is 19.8 Å². The molecule has 5 nitrogen and oxygen atoms in total. The number of aromatic nitrogens is 3. The number of nitrogens with zero attached hydrogens (tertiary/aromatic N) is 2. The number of H-pyrrole nitrogens is 1. The van der Waals surface area contributed by atoms with Gasteiger partial charge in [0.05, 0.1) is 12.6 Å². The van der Waals surface area contributed by atoms with Crippen LogP contribution in [0.4, 0.5) is 4.53 Å². The van der Waals surface area contributed by atoms with Crippen molar-refractivity contribution < 1.29 is 14.2 Å². The quantitative estimate of drug-likeness (QED) is 0.790. The summed E-state index contributed by atoms with van der Waals surface area (Å²) in [5.74, 6) is 1.64. The number of aromatic amines is 1. The Hall–Kier alpha value is -2.63. The second kappa shape index (κ2) is 5.63. The number of hydrogen-bond donors (Lipinski definition) is 1. The Bertz CT molecular complexity index is 814. The van der Waals surface area contributed by atoms with Gasteiger partial charge < -0.3 is 9.72 Å². The molecule has 3 rings (SSSR count). The first-order valence-electron chi connectivity index (χ1n) is 6.95. The molecule has 0 aliphatic heterocycles. The van der Waals surface area contributed by atoms with Crippen molar-refractivity contribution in [3.05, 3.63) is 36.2 Å². The molecule has 6 heteroatoms. The van der Waals surface area contributed by atoms with E-state index in [0.717, 1.165) is 5.69 Å². The van der Waals surface area contributed by atoms with Crippen LogP contribution in [0, 0.1) is 0 Å². The number of nitrogens with one attached hydrogen (secondary N) is 1. The molecule has 0 radical (unpaired) electrons. The van der Waals surface area contributed by atoms with Gasteiger partial charge in [-0.3, -0.25) is 4.94 Å². The van der Waals surface area contributed by atoms with Crippen LogP contribution in [0.2, 0.25) is 0 Å². The van der Waals surface area contributed by atoms with Crippen LogP contribution in [0.1, 0.15) is 25.5 Å². The normalized spacial score (nSPS) is 11.1. The SMILES string of the molecule is COc1ccc2c(OF)cc(-c3ncc(C(C)C)[nH]3)nc2c1. The van der Waals surface area contributed by atoms with E-state index in [1.165, 1.54) is 6.07 Å². The second-order valence-electron chi connectivity index (χ2n) is 5.31. The summed E-state index contributed by atoms with van der Waals surface area (Å²) in [6.07, 6.45) is 1.76. The van der Waals surface area contributed by atoms with E-state index in [9.17, 15) is 4.53 Å². The van der Waals surface area contributed by atoms with Gasteiger partial charge in [-0.05, 0) is 18.1 Å². The first kappa shape index (κ1) is 14.3. The predicted octanol–water partition coefficient (Wildman–Crippen LogP) is 4.02. The minimum atomic E-state index is 0.102. The van der Waals surface area contributed by atoms with Crippen LogP contribution in [0.3, 0.4) is 0 Å². The Labute approximate surface area is 127 Å². The number of imidazole rings is 1. The van der Waals surface area contributed by atoms with Crippen LogP contribution in [0.25, 0.3) is 22.4 Å². The fourth-order valence-corrected chi connectivity index (χ4v) is 2.25. The van der Waals surface area contributed by atoms with Crippen LogP contribution < -0.4 is 9.68 Å². The third kappa shape index (κ3) is 2.47. The van der Waals surface area contributed by atoms with E-state index in [0.29, 0.717) is 34.1 Å². The standard InChI is InChI=1S/C16H16FN3O2/c1-9(2)14-8-18-16(20-14)13-7-15(22-17)11-5-4-10(21-3)6-12(11)19-13/h4-9H,1-3H3,(H,18,20). The molecular formula is C16H16FN3O2. The minimum Gasteiger partial charge on any atom is -0.497 e. The average molecular weight is 301 g/mol. The summed E-state index contributed by atoms with van der Waals surface area (Å²) >= 11 is 0. The third-order valence-corrected chi connectivity index (χ3v) is 3.52. The second-order valence-corrected chi connectivity index (χ2v) is 5.31. The van der Waals surface area contributed by atoms with E-state index < -0.39 is 0 Å². The zero-order valence-corrected chi connectivity index (χ0v) is 12.6. The molecule has 0 bridgehead atoms. The maximum absolute atomic E-state index is 12.9. The molecule has 0 aliphatic rings. The molecule has 114 valence electrons. The molecule has 1 aromatic carbocycles. The van der Waals surface area contributed by atoms with Crippen molar-refractivity contribution in [2.75, 3.05) is 7.11 Å². The van der Waals surface area contributed by atoms with Crippen molar-refractivity contribution in [1.82, 2.24) is 15.0 Å². The number of methoxy groups -OCH3 is 1. The van der Waals surface area contributed by atoms with Crippen molar-refractivity contribution >= 4 is 10.9 Å². The molecule has 3 aromatic rings. The van der Waals surface area contributed by atoms with Gasteiger partial charge in [0.25, 0.3) is 0 Å². The monoisotopic (exact) mass is 301 g/mol. The lowest BCUT2D eigenvalue weighted by molar-refractivity contribution is -0.00424. The van der Waals surface area contributed by atoms with E-state index in [-0.39, 0.29) is 5.75 Å². The van der Waals surface area contributed by atoms with Crippen LogP contribution in [-0.4, -0.2) is 22.1 Å². The van der Waals surface area contributed by atoms with E-state index in [1.54, 1.807) is 31.5 Å². The van der Waals surface area contributed by atoms with E-state index >= 15 is 0 Å². The highest BCUT2D eigenvalue weighted by molar-refractivity contribution is 5.88. The maximum atomic E-state index is 12.9. The van der Waals surface area contributed by atoms with Gasteiger partial charge in [0.15, 0.2) is 11.6 Å². The Kier molecular flexibility index (Phi) is 3.66. The van der Waals surface area contributed by atoms with E-state index in [1.807, 2.05) is 0 Å². The van der Waals surface area contributed by atoms with Crippen molar-refractivity contribution in [3.63, 3.8) is 0 Å². The number of fused-ring (bicyclic) bond motifs is 1. The number of hydrogen-bond acceptors (Lipinski definition) is 4. The zero-order valence-electron chi connectivity index (χ0n) is 12.6. The van der Waals surface area contributed by atoms with Gasteiger partial charge in [-0.1, -0.05) is 13.8 Å². The lowest BCUT2D eigenvalue weighted by Gasteiger charge is -2.06. The molecule has 2 heterocycles. The average Bonchev–Trinajstić information content (AvgIpc) is 3.03. The Balaban J connectivity index is 2.16. The summed E-state index contributed by atoms with van der Waals surface area (Å²) in [4.78, 5) is 16.0. The highest BCUT2D eigenvalue weighted by Crippen LogP contribution is 2.31. The molecule has 0 aliphatic carbocycles. The van der Waals surface area contributed by atoms with Crippen molar-refractivity contribution in [1.29, 1.82) is 0 Å². The molecule has 22 heavy (non-hydrogen) atoms. The van der Waals surface area contributed by atoms with Gasteiger partial charge in [-0.25, -0.2) is 9.97 Å². The molecule has 0 atom stereocenters. The van der Waals surface area contributed by atoms with Crippen LogP contribution in [0.5, 0.6) is 11.5 Å². The number of pyridine rings is 1. The first-order chi connectivity index (χ1) is 10.6. The van der Waals surface area contributed by atoms with Gasteiger partial charge in [0, 0.05) is 33.9 Å². The highest BCUT2D eigenvalue weighted by atomic mass is 19.3. The zero-order chi connectivity index (χ0) is 15.7. The van der Waals surface area contributed by atoms with Gasteiger partial charge in [-0.2, -0.15) is 0 Å². The van der Waals surface area contributed by atoms with Crippen LogP contribution in [-0.2, 0) is 0 Å². The Morgan fingerprint density at radius 1 is 1.23 bits per heavy atom. The van der Waals surface area contributed by atoms with Crippen LogP contribution in [0.15, 0.2) is 30.5 Å². The van der Waals surface area contributed by atoms with Gasteiger partial charge in [-0.15, -0.1) is 0 Å². The topological polar surface area (TPSA) is 60.0 Å². The van der Waals surface area contributed by atoms with Gasteiger partial charge in [0.2, 0.25) is 0 Å². The largest absolute Gasteiger partial charge is 0.497 e. The Morgan fingerprint density at radius 3 is 2.68 bits per heavy atom. The lowest BCUT2D eigenvalue weighted by atomic mass is 10.1. The molecule has 0 saturated carbocycles. The van der Waals surface area contributed by atoms with E-state index in [4.69, 9.17) is 4.74 Å². The smallest absolute Gasteiger partial charge is 0.183 e. The molecule has 0 saturated heterocycles. The summed E-state index contributed by atoms with van der Waals surface area (Å²) in [7, 11) is 1.57. The minimum absolute atomic E-state index is 0.102. The summed E-state index contributed by atoms with van der Waals surface area (Å²) in [6, 6.07) is 6.70. The summed E-state index contributed by atoms with van der Waals surface area (Å²) in [6.45, 7) is 4.12. The van der Waals surface area contributed by atoms with Crippen molar-refractivity contribution in [2.24, 2.45) is 0 Å². The molecule has 0 unspecified atom stereocenters. The summed E-state index contributed by atoms with van der Waals surface area (Å²) < 4.78 is 18.1. The molecule has 2 aromatic heterocycles. The van der Waals surface area contributed by atoms with E-state index in [2.05, 4.69) is 33.7 Å². The van der Waals surface area contributed by atoms with Crippen LogP contribution >= 0.6 is 0 Å². The molecule has 1 N–H and O–H groups in total. The van der Waals surface area contributed by atoms with Gasteiger partial charge >= 0.3 is 0 Å². The molecular weight excluding hydrogens is 285 g/mol. The number of rotatable bonds is 4. The molecule has 0 amide bonds. The van der Waals surface area contributed by atoms with Crippen molar-refractivity contribution in [3.8, 4) is 23.0 Å². The number of benzene rings is 1. The molecule has 0 spiro atoms. The maximum Gasteiger partial charge on any atom is 0.183 e. The predicted molar refractivity (Wildman–Crippen MR) is 81.7 cm³/mol. The third-order valence-electron chi connectivity index (χ3n) is 3.52. The molecule has 0 fully saturated rings. The number of ether oxygens (including phenoxy) is 1. The van der Waals surface area contributed by atoms with Gasteiger partial charge in [0.1, 0.15) is 11.4 Å².